The fourth-order valence-corrected chi connectivity index (χ4v) is 3.79. The van der Waals surface area contributed by atoms with Gasteiger partial charge in [-0.25, -0.2) is 9.97 Å². The van der Waals surface area contributed by atoms with Gasteiger partial charge < -0.3 is 0 Å². The lowest BCUT2D eigenvalue weighted by molar-refractivity contribution is 0.826. The quantitative estimate of drug-likeness (QED) is 0.450. The first-order chi connectivity index (χ1) is 15.4. The minimum absolute atomic E-state index is 0.503. The van der Waals surface area contributed by atoms with E-state index in [0.717, 1.165) is 22.0 Å². The second kappa shape index (κ2) is 7.11. The molecule has 0 saturated carbocycles. The predicted molar refractivity (Wildman–Crippen MR) is 120 cm³/mol. The fraction of sp³-hybridized carbons (Fsp3) is 0. The third kappa shape index (κ3) is 3.02. The third-order valence-electron chi connectivity index (χ3n) is 5.24. The molecule has 0 aliphatic carbocycles. The number of hydrogen-bond acceptors (Lipinski definition) is 5. The molecule has 0 amide bonds. The standard InChI is InChI=1S/C25H16N6/c1-2-8-18(9-3-1)23-21(15-19-11-6-10-17-7-4-5-12-20(17)19)25-28-24(30-31(25)29-23)22-16-26-13-14-27-22/h1-16H/b21-15-. The Morgan fingerprint density at radius 1 is 0.774 bits per heavy atom. The van der Waals surface area contributed by atoms with Crippen molar-refractivity contribution in [3.8, 4) is 22.8 Å². The second-order valence-electron chi connectivity index (χ2n) is 7.18. The van der Waals surface area contributed by atoms with Crippen LogP contribution in [0.1, 0.15) is 5.56 Å². The van der Waals surface area contributed by atoms with Crippen molar-refractivity contribution in [1.29, 1.82) is 0 Å². The summed E-state index contributed by atoms with van der Waals surface area (Å²) in [5.41, 5.74) is 4.27. The topological polar surface area (TPSA) is 68.9 Å². The van der Waals surface area contributed by atoms with Crippen molar-refractivity contribution in [3.63, 3.8) is 0 Å². The Hall–Kier alpha value is -4.45. The van der Waals surface area contributed by atoms with E-state index in [9.17, 15) is 0 Å². The molecule has 6 aromatic rings. The van der Waals surface area contributed by atoms with Gasteiger partial charge in [-0.2, -0.15) is 0 Å². The van der Waals surface area contributed by atoms with E-state index in [0.29, 0.717) is 17.2 Å². The van der Waals surface area contributed by atoms with E-state index in [1.807, 2.05) is 30.3 Å². The van der Waals surface area contributed by atoms with Gasteiger partial charge in [0.15, 0.2) is 5.65 Å². The summed E-state index contributed by atoms with van der Waals surface area (Å²) < 4.78 is 1.59. The highest BCUT2D eigenvalue weighted by Gasteiger charge is 2.16. The zero-order valence-electron chi connectivity index (χ0n) is 16.4. The maximum Gasteiger partial charge on any atom is 0.204 e. The molecular formula is C25H16N6. The number of rotatable bonds is 3. The van der Waals surface area contributed by atoms with Gasteiger partial charge in [0.2, 0.25) is 5.82 Å². The molecule has 0 radical (unpaired) electrons. The molecule has 0 saturated heterocycles. The van der Waals surface area contributed by atoms with Gasteiger partial charge in [0.05, 0.1) is 6.20 Å². The van der Waals surface area contributed by atoms with Gasteiger partial charge in [0.1, 0.15) is 11.4 Å². The van der Waals surface area contributed by atoms with Crippen LogP contribution in [0.4, 0.5) is 0 Å². The number of aromatic nitrogens is 6. The summed E-state index contributed by atoms with van der Waals surface area (Å²) in [6.07, 6.45) is 7.06. The van der Waals surface area contributed by atoms with Crippen LogP contribution in [0.2, 0.25) is 0 Å². The first-order valence-electron chi connectivity index (χ1n) is 9.95. The smallest absolute Gasteiger partial charge is 0.204 e. The lowest BCUT2D eigenvalue weighted by Crippen LogP contribution is -2.04. The Morgan fingerprint density at radius 2 is 1.61 bits per heavy atom. The average Bonchev–Trinajstić information content (AvgIpc) is 3.40. The summed E-state index contributed by atoms with van der Waals surface area (Å²) in [5.74, 6) is 0.503. The molecule has 0 fully saturated rings. The molecule has 0 spiro atoms. The van der Waals surface area contributed by atoms with Gasteiger partial charge in [0.25, 0.3) is 0 Å². The summed E-state index contributed by atoms with van der Waals surface area (Å²) in [4.78, 5) is 13.2. The Kier molecular flexibility index (Phi) is 3.99. The number of nitrogens with zero attached hydrogens (tertiary/aromatic N) is 6. The van der Waals surface area contributed by atoms with E-state index in [4.69, 9.17) is 10.1 Å². The molecule has 0 aliphatic heterocycles. The predicted octanol–water partition coefficient (Wildman–Crippen LogP) is 3.95. The molecule has 0 unspecified atom stereocenters. The Labute approximate surface area is 177 Å². The molecule has 3 aromatic heterocycles. The molecule has 0 aliphatic rings. The molecule has 0 bridgehead atoms. The van der Waals surface area contributed by atoms with Crippen molar-refractivity contribution >= 4 is 22.5 Å². The van der Waals surface area contributed by atoms with Gasteiger partial charge in [-0.3, -0.25) is 4.98 Å². The van der Waals surface area contributed by atoms with Gasteiger partial charge in [-0.05, 0) is 22.4 Å². The first kappa shape index (κ1) is 17.4. The first-order valence-corrected chi connectivity index (χ1v) is 9.95. The van der Waals surface area contributed by atoms with Crippen molar-refractivity contribution in [1.82, 2.24) is 29.8 Å². The van der Waals surface area contributed by atoms with Crippen molar-refractivity contribution < 1.29 is 0 Å². The highest BCUT2D eigenvalue weighted by atomic mass is 15.5. The lowest BCUT2D eigenvalue weighted by Gasteiger charge is -2.02. The number of benzene rings is 3. The van der Waals surface area contributed by atoms with E-state index in [-0.39, 0.29) is 0 Å². The zero-order valence-corrected chi connectivity index (χ0v) is 16.4. The van der Waals surface area contributed by atoms with Crippen molar-refractivity contribution in [2.75, 3.05) is 0 Å². The minimum Gasteiger partial charge on any atom is -0.261 e. The van der Waals surface area contributed by atoms with E-state index in [1.54, 1.807) is 23.2 Å². The summed E-state index contributed by atoms with van der Waals surface area (Å²) in [6, 6.07) is 24.8. The van der Waals surface area contributed by atoms with Crippen LogP contribution in [0.3, 0.4) is 0 Å². The molecule has 3 heterocycles. The second-order valence-corrected chi connectivity index (χ2v) is 7.18. The molecule has 0 N–H and O–H groups in total. The highest BCUT2D eigenvalue weighted by molar-refractivity contribution is 5.91. The minimum atomic E-state index is 0.503. The average molecular weight is 400 g/mol. The Morgan fingerprint density at radius 3 is 2.48 bits per heavy atom. The molecule has 146 valence electrons. The van der Waals surface area contributed by atoms with Crippen LogP contribution in [0.15, 0.2) is 91.4 Å². The van der Waals surface area contributed by atoms with E-state index in [1.165, 1.54) is 10.8 Å². The van der Waals surface area contributed by atoms with Crippen LogP contribution in [0.5, 0.6) is 0 Å². The Bertz CT molecular complexity index is 1570. The largest absolute Gasteiger partial charge is 0.261 e. The molecule has 0 atom stereocenters. The van der Waals surface area contributed by atoms with Crippen LogP contribution >= 0.6 is 0 Å². The van der Waals surface area contributed by atoms with Crippen LogP contribution in [-0.4, -0.2) is 29.8 Å². The zero-order chi connectivity index (χ0) is 20.6. The summed E-state index contributed by atoms with van der Waals surface area (Å²) in [7, 11) is 0. The maximum absolute atomic E-state index is 4.77. The van der Waals surface area contributed by atoms with E-state index >= 15 is 0 Å². The van der Waals surface area contributed by atoms with Crippen LogP contribution in [-0.2, 0) is 0 Å². The summed E-state index contributed by atoms with van der Waals surface area (Å²) >= 11 is 0. The Balaban J connectivity index is 1.65. The third-order valence-corrected chi connectivity index (χ3v) is 5.24. The van der Waals surface area contributed by atoms with Gasteiger partial charge in [0, 0.05) is 23.2 Å². The van der Waals surface area contributed by atoms with E-state index < -0.39 is 0 Å². The summed E-state index contributed by atoms with van der Waals surface area (Å²) in [6.45, 7) is 0. The van der Waals surface area contributed by atoms with Crippen molar-refractivity contribution in [2.45, 2.75) is 0 Å². The molecule has 6 heteroatoms. The number of fused-ring (bicyclic) bond motifs is 2. The van der Waals surface area contributed by atoms with Crippen LogP contribution in [0.25, 0.3) is 45.3 Å². The molecule has 6 rings (SSSR count). The van der Waals surface area contributed by atoms with Gasteiger partial charge in [-0.15, -0.1) is 14.8 Å². The van der Waals surface area contributed by atoms with Gasteiger partial charge in [-0.1, -0.05) is 72.8 Å². The van der Waals surface area contributed by atoms with Crippen LogP contribution < -0.4 is 5.22 Å². The fourth-order valence-electron chi connectivity index (χ4n) is 3.79. The summed E-state index contributed by atoms with van der Waals surface area (Å²) in [5, 5.41) is 12.6. The lowest BCUT2D eigenvalue weighted by atomic mass is 10.0. The molecule has 31 heavy (non-hydrogen) atoms. The van der Waals surface area contributed by atoms with Gasteiger partial charge >= 0.3 is 0 Å². The monoisotopic (exact) mass is 400 g/mol. The van der Waals surface area contributed by atoms with Crippen LogP contribution in [0, 0.1) is 0 Å². The van der Waals surface area contributed by atoms with E-state index in [2.05, 4.69) is 63.6 Å². The SMILES string of the molecule is C(/c1cccc2ccccc12)=c1\c(-c2ccccc2)nn2nc(-c3cnccn3)nc12. The molecule has 6 nitrogen and oxygen atoms in total. The highest BCUT2D eigenvalue weighted by Crippen LogP contribution is 2.21. The normalized spacial score (nSPS) is 12.1. The molecular weight excluding hydrogens is 384 g/mol. The van der Waals surface area contributed by atoms with Crippen molar-refractivity contribution in [2.24, 2.45) is 0 Å². The molecule has 3 aromatic carbocycles. The number of hydrogen-bond donors (Lipinski definition) is 0. The van der Waals surface area contributed by atoms with Crippen molar-refractivity contribution in [3.05, 3.63) is 102 Å². The maximum atomic E-state index is 4.77.